The zero-order chi connectivity index (χ0) is 80.5. The number of nitrogens with zero attached hydrogens (tertiary/aromatic N) is 1. The van der Waals surface area contributed by atoms with Gasteiger partial charge < -0.3 is 58.3 Å². The topological polar surface area (TPSA) is 365 Å². The number of nitrogens with two attached hydrogens (primary N) is 2. The van der Waals surface area contributed by atoms with Gasteiger partial charge >= 0.3 is 30.4 Å². The van der Waals surface area contributed by atoms with E-state index < -0.39 is 90.5 Å². The van der Waals surface area contributed by atoms with Gasteiger partial charge in [0.05, 0.1) is 18.6 Å². The predicted molar refractivity (Wildman–Crippen MR) is 353 cm³/mol. The fourth-order valence-corrected chi connectivity index (χ4v) is 5.59. The number of anilines is 2. The normalized spacial score (nSPS) is 13.8. The molecular formula is C67H86ClF15N5O15+. The quantitative estimate of drug-likeness (QED) is 0.00916. The molecule has 0 heterocycles. The molecule has 0 aliphatic heterocycles. The van der Waals surface area contributed by atoms with Gasteiger partial charge in [-0.3, -0.25) is 34.5 Å². The van der Waals surface area contributed by atoms with E-state index in [1.807, 2.05) is 95.9 Å². The van der Waals surface area contributed by atoms with Crippen molar-refractivity contribution >= 4 is 47.3 Å². The van der Waals surface area contributed by atoms with Crippen LogP contribution in [0.2, 0.25) is 0 Å². The van der Waals surface area contributed by atoms with Crippen molar-refractivity contribution in [1.29, 1.82) is 0 Å². The van der Waals surface area contributed by atoms with E-state index in [-0.39, 0.29) is 48.4 Å². The molecule has 0 bridgehead atoms. The Labute approximate surface area is 590 Å². The molecule has 7 unspecified atom stereocenters. The van der Waals surface area contributed by atoms with Crippen LogP contribution in [0.1, 0.15) is 124 Å². The number of quaternary nitrogens is 1. The maximum absolute atomic E-state index is 12.6. The molecule has 7 atom stereocenters. The van der Waals surface area contributed by atoms with Crippen LogP contribution in [0.3, 0.4) is 0 Å². The van der Waals surface area contributed by atoms with E-state index in [1.54, 1.807) is 87.5 Å². The van der Waals surface area contributed by atoms with Gasteiger partial charge in [-0.05, 0) is 115 Å². The van der Waals surface area contributed by atoms with Crippen molar-refractivity contribution in [2.45, 2.75) is 146 Å². The Hall–Kier alpha value is -8.19. The van der Waals surface area contributed by atoms with Crippen molar-refractivity contribution in [3.8, 4) is 0 Å². The third-order valence-electron chi connectivity index (χ3n) is 11.8. The zero-order valence-corrected chi connectivity index (χ0v) is 57.8. The molecule has 0 aliphatic rings. The van der Waals surface area contributed by atoms with Crippen LogP contribution >= 0.6 is 12.4 Å². The lowest BCUT2D eigenvalue weighted by Crippen LogP contribution is -2.61. The molecule has 0 spiro atoms. The summed E-state index contributed by atoms with van der Waals surface area (Å²) < 4.78 is 170. The van der Waals surface area contributed by atoms with Gasteiger partial charge in [0.2, 0.25) is 12.5 Å². The lowest BCUT2D eigenvalue weighted by atomic mass is 10.0. The van der Waals surface area contributed by atoms with Crippen molar-refractivity contribution in [2.75, 3.05) is 31.2 Å². The van der Waals surface area contributed by atoms with Crippen LogP contribution in [0.25, 0.3) is 4.85 Å². The second-order valence-electron chi connectivity index (χ2n) is 22.6. The zero-order valence-electron chi connectivity index (χ0n) is 57.0. The Kier molecular flexibility index (Phi) is 48.9. The van der Waals surface area contributed by atoms with E-state index in [0.717, 1.165) is 18.1 Å². The molecule has 0 radical (unpaired) electrons. The molecule has 6 aromatic rings. The Morgan fingerprint density at radius 3 is 1.03 bits per heavy atom. The summed E-state index contributed by atoms with van der Waals surface area (Å²) in [5, 5.41) is 79.2. The third kappa shape index (κ3) is 44.8. The molecule has 1 amide bonds. The molecule has 36 heteroatoms. The maximum Gasteiger partial charge on any atom is 0.498 e. The largest absolute Gasteiger partial charge is 0.498 e. The summed E-state index contributed by atoms with van der Waals surface area (Å²) in [6, 6.07) is 47.5. The van der Waals surface area contributed by atoms with Crippen molar-refractivity contribution in [3.63, 3.8) is 0 Å². The number of ketones is 2. The predicted octanol–water partition coefficient (Wildman–Crippen LogP) is 12.4. The van der Waals surface area contributed by atoms with Crippen molar-refractivity contribution in [3.05, 3.63) is 215 Å². The van der Waals surface area contributed by atoms with E-state index in [4.69, 9.17) is 53.8 Å². The number of amides is 1. The molecule has 6 aromatic carbocycles. The average Bonchev–Trinajstić information content (AvgIpc) is 0.810. The first-order valence-electron chi connectivity index (χ1n) is 29.0. The standard InChI is InChI=1S/C17H14F3NO3.C13H11NO.2C9H13NO.C4H4F3NO.C4H7F3O3.C4H7F3O.C4H10O3.C2H3FO.CH2F2.ClH/c1-16(24,17(18,19)20)15(23)21-13-9-7-12(8-10-13)14(22)11-5-3-2-4-6-11;14-12-8-6-11(7-9-12)13(15)10-4-2-1-3-5-10;2*1-7(10)9(11)8-5-3-2-4-6-8;1-3(9,8-2)4(5,6)7;1-3(8,2-10-9)4(5,6)7;1-3(2,8)4(5,6)7;1-4(2,5)3-7-6;1-2(3)4;2-1-3;/h2-10,24H,1H3,(H,21,23);1-9H,14H2;2*2-7,9,11H,10H2,1H3;9H,1H3;8-9H,2H2,1H3;8H,1-2H3;5-6H,3H2,1-2H3;1H3;1H2;1H/p+1. The van der Waals surface area contributed by atoms with Crippen LogP contribution in [-0.2, 0) is 19.4 Å². The van der Waals surface area contributed by atoms with Gasteiger partial charge in [-0.25, -0.2) is 25.1 Å². The molecule has 103 heavy (non-hydrogen) atoms. The number of rotatable bonds is 14. The van der Waals surface area contributed by atoms with Gasteiger partial charge in [0.25, 0.3) is 11.9 Å². The monoisotopic (exact) mass is 1520 g/mol. The van der Waals surface area contributed by atoms with E-state index in [9.17, 15) is 95.6 Å². The second-order valence-corrected chi connectivity index (χ2v) is 22.6. The fourth-order valence-electron chi connectivity index (χ4n) is 5.59. The van der Waals surface area contributed by atoms with Gasteiger partial charge in [-0.15, -0.1) is 12.4 Å². The minimum Gasteiger partial charge on any atom is -0.399 e. The average molecular weight is 1520 g/mol. The highest BCUT2D eigenvalue weighted by Crippen LogP contribution is 2.33. The summed E-state index contributed by atoms with van der Waals surface area (Å²) >= 11 is 0. The highest BCUT2D eigenvalue weighted by molar-refractivity contribution is 6.10. The lowest BCUT2D eigenvalue weighted by Gasteiger charge is -2.24. The van der Waals surface area contributed by atoms with E-state index in [0.29, 0.717) is 62.6 Å². The number of hydrogen-bond acceptors (Lipinski definition) is 17. The van der Waals surface area contributed by atoms with Crippen LogP contribution in [0.15, 0.2) is 170 Å². The Morgan fingerprint density at radius 1 is 0.524 bits per heavy atom. The minimum atomic E-state index is -5.10. The highest BCUT2D eigenvalue weighted by Gasteiger charge is 2.58. The van der Waals surface area contributed by atoms with Gasteiger partial charge in [0.1, 0.15) is 25.4 Å². The van der Waals surface area contributed by atoms with Crippen LogP contribution < -0.4 is 22.5 Å². The summed E-state index contributed by atoms with van der Waals surface area (Å²) in [5.41, 5.74) is 6.30. The summed E-state index contributed by atoms with van der Waals surface area (Å²) in [6.45, 7) is 13.3. The molecule has 0 aliphatic carbocycles. The van der Waals surface area contributed by atoms with Gasteiger partial charge in [0.15, 0.2) is 22.8 Å². The highest BCUT2D eigenvalue weighted by atomic mass is 35.5. The first-order chi connectivity index (χ1) is 46.4. The third-order valence-corrected chi connectivity index (χ3v) is 11.8. The summed E-state index contributed by atoms with van der Waals surface area (Å²) in [6.07, 6.45) is -20.2. The Balaban J connectivity index is -0.000000361. The molecular weight excluding hydrogens is 1440 g/mol. The number of benzene rings is 6. The van der Waals surface area contributed by atoms with E-state index in [2.05, 4.69) is 15.5 Å². The van der Waals surface area contributed by atoms with Crippen LogP contribution in [0, 0.1) is 6.57 Å². The molecule has 17 N–H and O–H groups in total. The number of aliphatic hydroxyl groups excluding tert-OH is 2. The number of hydrogen-bond donors (Lipinski definition) is 13. The number of halogens is 16. The smallest absolute Gasteiger partial charge is 0.399 e. The van der Waals surface area contributed by atoms with Crippen LogP contribution in [0.5, 0.6) is 0 Å². The maximum atomic E-state index is 12.6. The van der Waals surface area contributed by atoms with Gasteiger partial charge in [-0.1, -0.05) is 121 Å². The van der Waals surface area contributed by atoms with E-state index >= 15 is 0 Å². The SMILES string of the molecule is CC(=O)F.CC(C)(O)C(F)(F)F.CC(C)(O)COO.CC(N)C(O)c1ccccc1.CC(O)(C(=O)Nc1ccc(C(=O)c2ccccc2)cc1)C(F)(F)F.CC(O)(COO)C(F)(F)F.CC([NH3+])C(O)c1ccccc1.Cl.FCF.Nc1ccc(C(=O)c2ccccc2)cc1.[C-]#[N+]C(C)(O)C(F)(F)F. The summed E-state index contributed by atoms with van der Waals surface area (Å²) in [4.78, 5) is 53.3. The summed E-state index contributed by atoms with van der Waals surface area (Å²) in [5.74, 6) is -1.83. The lowest BCUT2D eigenvalue weighted by molar-refractivity contribution is -0.433. The number of aliphatic hydroxyl groups is 7. The van der Waals surface area contributed by atoms with Crippen molar-refractivity contribution in [1.82, 2.24) is 0 Å². The molecule has 0 fully saturated rings. The molecule has 20 nitrogen and oxygen atoms in total. The molecule has 0 aromatic heterocycles. The molecule has 580 valence electrons. The van der Waals surface area contributed by atoms with Crippen LogP contribution in [0.4, 0.5) is 77.2 Å². The number of carbonyl (C=O) groups is 4. The number of alkyl halides is 14. The first-order valence-corrected chi connectivity index (χ1v) is 29.0. The van der Waals surface area contributed by atoms with Crippen molar-refractivity contribution in [2.24, 2.45) is 5.73 Å². The molecule has 0 saturated heterocycles. The minimum absolute atomic E-state index is 0. The first kappa shape index (κ1) is 103. The summed E-state index contributed by atoms with van der Waals surface area (Å²) in [7, 11) is 0. The number of carbonyl (C=O) groups excluding carboxylic acids is 4. The second kappa shape index (κ2) is 48.7. The van der Waals surface area contributed by atoms with Crippen LogP contribution in [-0.4, -0.2) is 155 Å². The van der Waals surface area contributed by atoms with E-state index in [1.165, 1.54) is 24.3 Å². The number of nitrogen functional groups attached to an aromatic ring is 1. The fraction of sp³-hybridized carbons (Fsp3) is 0.388. The molecule has 0 saturated carbocycles. The van der Waals surface area contributed by atoms with Gasteiger partial charge in [0, 0.05) is 46.6 Å². The Bertz CT molecular complexity index is 3240. The molecule has 6 rings (SSSR count). The number of nitrogens with one attached hydrogen (secondary N) is 1. The Morgan fingerprint density at radius 2 is 0.816 bits per heavy atom. The van der Waals surface area contributed by atoms with Crippen molar-refractivity contribution < 1.29 is 147 Å². The van der Waals surface area contributed by atoms with Gasteiger partial charge in [-0.2, -0.15) is 57.1 Å².